The van der Waals surface area contributed by atoms with Gasteiger partial charge in [-0.15, -0.1) is 0 Å². The highest BCUT2D eigenvalue weighted by atomic mass is 15.2. The van der Waals surface area contributed by atoms with E-state index >= 15 is 0 Å². The molecule has 0 unspecified atom stereocenters. The van der Waals surface area contributed by atoms with Gasteiger partial charge >= 0.3 is 0 Å². The molecule has 2 heterocycles. The average molecular weight is 292 g/mol. The van der Waals surface area contributed by atoms with Gasteiger partial charge in [0, 0.05) is 18.8 Å². The van der Waals surface area contributed by atoms with E-state index in [1.807, 2.05) is 0 Å². The molecule has 0 bridgehead atoms. The van der Waals surface area contributed by atoms with Crippen LogP contribution in [0, 0.1) is 0 Å². The van der Waals surface area contributed by atoms with Crippen molar-refractivity contribution in [3.8, 4) is 0 Å². The first-order valence-electron chi connectivity index (χ1n) is 8.71. The van der Waals surface area contributed by atoms with Crippen LogP contribution in [0.3, 0.4) is 0 Å². The Kier molecular flexibility index (Phi) is 3.84. The molecule has 0 amide bonds. The number of anilines is 1. The maximum absolute atomic E-state index is 5.03. The summed E-state index contributed by atoms with van der Waals surface area (Å²) in [6.45, 7) is 2.17. The topological polar surface area (TPSA) is 16.1 Å². The molecule has 2 aliphatic rings. The number of nitrogens with zero attached hydrogens (tertiary/aromatic N) is 2. The summed E-state index contributed by atoms with van der Waals surface area (Å²) in [6, 6.07) is 13.5. The molecular formula is C20H24N2. The van der Waals surface area contributed by atoms with Gasteiger partial charge in [-0.05, 0) is 61.3 Å². The molecule has 0 N–H and O–H groups in total. The molecule has 0 saturated heterocycles. The predicted octanol–water partition coefficient (Wildman–Crippen LogP) is 3.96. The van der Waals surface area contributed by atoms with Gasteiger partial charge in [-0.2, -0.15) is 0 Å². The number of rotatable bonds is 1. The number of aromatic nitrogens is 1. The lowest BCUT2D eigenvalue weighted by Gasteiger charge is -2.22. The van der Waals surface area contributed by atoms with E-state index in [4.69, 9.17) is 4.98 Å². The second kappa shape index (κ2) is 6.12. The summed E-state index contributed by atoms with van der Waals surface area (Å²) < 4.78 is 0. The normalized spacial score (nSPS) is 18.1. The number of aryl methyl sites for hydroxylation is 2. The number of hydrogen-bond acceptors (Lipinski definition) is 2. The second-order valence-electron chi connectivity index (χ2n) is 6.59. The molecule has 1 aliphatic carbocycles. The van der Waals surface area contributed by atoms with Crippen molar-refractivity contribution in [3.05, 3.63) is 58.8 Å². The summed E-state index contributed by atoms with van der Waals surface area (Å²) in [4.78, 5) is 7.50. The maximum atomic E-state index is 5.03. The van der Waals surface area contributed by atoms with Crippen LogP contribution in [-0.2, 0) is 25.7 Å². The quantitative estimate of drug-likeness (QED) is 0.740. The van der Waals surface area contributed by atoms with Crippen LogP contribution in [0.25, 0.3) is 0 Å². The van der Waals surface area contributed by atoms with Gasteiger partial charge in [-0.25, -0.2) is 4.98 Å². The third kappa shape index (κ3) is 2.75. The Bertz CT molecular complexity index is 636. The Morgan fingerprint density at radius 3 is 2.18 bits per heavy atom. The van der Waals surface area contributed by atoms with Crippen molar-refractivity contribution in [1.82, 2.24) is 4.98 Å². The standard InChI is InChI=1S/C20H24N2/c1-2-8-18-10-11-20(21-19(18)9-3-1)22-14-12-16-6-4-5-7-17(16)13-15-22/h4-7,10-11H,1-3,8-9,12-15H2. The molecule has 0 radical (unpaired) electrons. The monoisotopic (exact) mass is 292 g/mol. The molecule has 2 heteroatoms. The van der Waals surface area contributed by atoms with Crippen LogP contribution in [0.15, 0.2) is 36.4 Å². The molecule has 0 saturated carbocycles. The maximum Gasteiger partial charge on any atom is 0.128 e. The fourth-order valence-electron chi connectivity index (χ4n) is 3.82. The van der Waals surface area contributed by atoms with Gasteiger partial charge in [0.15, 0.2) is 0 Å². The lowest BCUT2D eigenvalue weighted by molar-refractivity contribution is 0.708. The zero-order valence-electron chi connectivity index (χ0n) is 13.2. The van der Waals surface area contributed by atoms with Crippen LogP contribution in [0.2, 0.25) is 0 Å². The molecule has 1 aliphatic heterocycles. The molecule has 1 aromatic carbocycles. The predicted molar refractivity (Wildman–Crippen MR) is 91.6 cm³/mol. The van der Waals surface area contributed by atoms with Gasteiger partial charge in [0.05, 0.1) is 0 Å². The van der Waals surface area contributed by atoms with Gasteiger partial charge in [-0.3, -0.25) is 0 Å². The SMILES string of the molecule is c1ccc2c(c1)CCN(c1ccc3c(n1)CCCCC3)CC2. The summed E-state index contributed by atoms with van der Waals surface area (Å²) in [5.41, 5.74) is 5.87. The van der Waals surface area contributed by atoms with Gasteiger partial charge in [-0.1, -0.05) is 36.8 Å². The zero-order valence-corrected chi connectivity index (χ0v) is 13.2. The van der Waals surface area contributed by atoms with Crippen LogP contribution in [0.5, 0.6) is 0 Å². The van der Waals surface area contributed by atoms with Crippen molar-refractivity contribution in [1.29, 1.82) is 0 Å². The van der Waals surface area contributed by atoms with Crippen LogP contribution >= 0.6 is 0 Å². The smallest absolute Gasteiger partial charge is 0.128 e. The number of pyridine rings is 1. The molecule has 4 rings (SSSR count). The average Bonchev–Trinajstić information content (AvgIpc) is 2.92. The third-order valence-corrected chi connectivity index (χ3v) is 5.16. The Morgan fingerprint density at radius 2 is 1.41 bits per heavy atom. The van der Waals surface area contributed by atoms with E-state index in [0.29, 0.717) is 0 Å². The van der Waals surface area contributed by atoms with Gasteiger partial charge in [0.25, 0.3) is 0 Å². The largest absolute Gasteiger partial charge is 0.356 e. The lowest BCUT2D eigenvalue weighted by Crippen LogP contribution is -2.27. The minimum Gasteiger partial charge on any atom is -0.356 e. The van der Waals surface area contributed by atoms with Crippen molar-refractivity contribution in [2.24, 2.45) is 0 Å². The fraction of sp³-hybridized carbons (Fsp3) is 0.450. The number of fused-ring (bicyclic) bond motifs is 2. The van der Waals surface area contributed by atoms with Crippen LogP contribution < -0.4 is 4.90 Å². The van der Waals surface area contributed by atoms with E-state index in [9.17, 15) is 0 Å². The van der Waals surface area contributed by atoms with Crippen molar-refractivity contribution in [2.75, 3.05) is 18.0 Å². The summed E-state index contributed by atoms with van der Waals surface area (Å²) >= 11 is 0. The van der Waals surface area contributed by atoms with E-state index in [1.165, 1.54) is 53.9 Å². The Hall–Kier alpha value is -1.83. The molecule has 2 aromatic rings. The van der Waals surface area contributed by atoms with Crippen molar-refractivity contribution in [2.45, 2.75) is 44.9 Å². The van der Waals surface area contributed by atoms with Crippen LogP contribution in [0.1, 0.15) is 41.6 Å². The molecule has 0 atom stereocenters. The van der Waals surface area contributed by atoms with Gasteiger partial charge < -0.3 is 4.90 Å². The highest BCUT2D eigenvalue weighted by Crippen LogP contribution is 2.24. The first-order valence-corrected chi connectivity index (χ1v) is 8.71. The van der Waals surface area contributed by atoms with E-state index in [0.717, 1.165) is 32.4 Å². The van der Waals surface area contributed by atoms with Gasteiger partial charge in [0.1, 0.15) is 5.82 Å². The Balaban J connectivity index is 1.57. The highest BCUT2D eigenvalue weighted by molar-refractivity contribution is 5.44. The number of benzene rings is 1. The third-order valence-electron chi connectivity index (χ3n) is 5.16. The molecular weight excluding hydrogens is 268 g/mol. The minimum atomic E-state index is 1.09. The molecule has 114 valence electrons. The van der Waals surface area contributed by atoms with Crippen LogP contribution in [-0.4, -0.2) is 18.1 Å². The zero-order chi connectivity index (χ0) is 14.8. The Morgan fingerprint density at radius 1 is 0.682 bits per heavy atom. The first-order chi connectivity index (χ1) is 10.9. The van der Waals surface area contributed by atoms with E-state index in [-0.39, 0.29) is 0 Å². The fourth-order valence-corrected chi connectivity index (χ4v) is 3.82. The summed E-state index contributed by atoms with van der Waals surface area (Å²) in [5, 5.41) is 0. The van der Waals surface area contributed by atoms with E-state index in [2.05, 4.69) is 41.3 Å². The second-order valence-corrected chi connectivity index (χ2v) is 6.59. The summed E-state index contributed by atoms with van der Waals surface area (Å²) in [6.07, 6.45) is 8.63. The molecule has 22 heavy (non-hydrogen) atoms. The highest BCUT2D eigenvalue weighted by Gasteiger charge is 2.17. The van der Waals surface area contributed by atoms with E-state index in [1.54, 1.807) is 0 Å². The van der Waals surface area contributed by atoms with Crippen molar-refractivity contribution in [3.63, 3.8) is 0 Å². The summed E-state index contributed by atoms with van der Waals surface area (Å²) in [5.74, 6) is 1.19. The first kappa shape index (κ1) is 13.8. The molecule has 2 nitrogen and oxygen atoms in total. The van der Waals surface area contributed by atoms with E-state index < -0.39 is 0 Å². The summed E-state index contributed by atoms with van der Waals surface area (Å²) in [7, 11) is 0. The molecule has 0 fully saturated rings. The van der Waals surface area contributed by atoms with Crippen molar-refractivity contribution >= 4 is 5.82 Å². The molecule has 1 aromatic heterocycles. The Labute approximate surface area is 133 Å². The van der Waals surface area contributed by atoms with Crippen molar-refractivity contribution < 1.29 is 0 Å². The number of hydrogen-bond donors (Lipinski definition) is 0. The minimum absolute atomic E-state index is 1.09. The van der Waals surface area contributed by atoms with Crippen LogP contribution in [0.4, 0.5) is 5.82 Å². The van der Waals surface area contributed by atoms with Gasteiger partial charge in [0.2, 0.25) is 0 Å². The lowest BCUT2D eigenvalue weighted by atomic mass is 10.0. The molecule has 0 spiro atoms.